The van der Waals surface area contributed by atoms with E-state index in [1.807, 2.05) is 25.1 Å². The molecule has 0 radical (unpaired) electrons. The van der Waals surface area contributed by atoms with Gasteiger partial charge in [0.2, 0.25) is 0 Å². The fourth-order valence-corrected chi connectivity index (χ4v) is 2.35. The second-order valence-corrected chi connectivity index (χ2v) is 4.83. The second kappa shape index (κ2) is 4.81. The molecule has 0 aliphatic carbocycles. The van der Waals surface area contributed by atoms with Gasteiger partial charge in [-0.2, -0.15) is 4.98 Å². The number of aryl methyl sites for hydroxylation is 2. The highest BCUT2D eigenvalue weighted by molar-refractivity contribution is 5.81. The second-order valence-electron chi connectivity index (χ2n) is 4.83. The molecule has 0 spiro atoms. The third-order valence-electron chi connectivity index (χ3n) is 3.29. The minimum absolute atomic E-state index is 0.331. The average Bonchev–Trinajstić information content (AvgIpc) is 2.78. The largest absolute Gasteiger partial charge is 0.361 e. The van der Waals surface area contributed by atoms with Crippen LogP contribution in [0.1, 0.15) is 5.56 Å². The van der Waals surface area contributed by atoms with E-state index in [-0.39, 0.29) is 5.69 Å². The summed E-state index contributed by atoms with van der Waals surface area (Å²) >= 11 is 0. The molecular weight excluding hydrogens is 250 g/mol. The molecule has 0 amide bonds. The van der Waals surface area contributed by atoms with Gasteiger partial charge in [0.05, 0.1) is 0 Å². The van der Waals surface area contributed by atoms with E-state index in [1.54, 1.807) is 11.7 Å². The van der Waals surface area contributed by atoms with Crippen LogP contribution in [0.3, 0.4) is 0 Å². The van der Waals surface area contributed by atoms with E-state index in [2.05, 4.69) is 40.4 Å². The summed E-state index contributed by atoms with van der Waals surface area (Å²) in [7, 11) is 1.79. The normalized spacial score (nSPS) is 10.7. The molecule has 0 saturated carbocycles. The Balaban J connectivity index is 2.27. The lowest BCUT2D eigenvalue weighted by molar-refractivity contribution is 0.764. The maximum absolute atomic E-state index is 11.4. The summed E-state index contributed by atoms with van der Waals surface area (Å²) in [5.74, 6) is 0.651. The van der Waals surface area contributed by atoms with Crippen molar-refractivity contribution in [2.45, 2.75) is 6.92 Å². The zero-order chi connectivity index (χ0) is 14.1. The van der Waals surface area contributed by atoms with Crippen molar-refractivity contribution in [1.82, 2.24) is 14.8 Å². The van der Waals surface area contributed by atoms with Crippen LogP contribution in [0.4, 0.5) is 0 Å². The summed E-state index contributed by atoms with van der Waals surface area (Å²) in [6.07, 6.45) is 0. The number of hydrogen-bond donors (Lipinski definition) is 1. The van der Waals surface area contributed by atoms with Crippen LogP contribution in [0.5, 0.6) is 0 Å². The molecule has 0 saturated heterocycles. The molecule has 1 heterocycles. The van der Waals surface area contributed by atoms with E-state index in [4.69, 9.17) is 0 Å². The monoisotopic (exact) mass is 265 g/mol. The van der Waals surface area contributed by atoms with E-state index in [9.17, 15) is 4.79 Å². The van der Waals surface area contributed by atoms with Crippen LogP contribution >= 0.6 is 0 Å². The van der Waals surface area contributed by atoms with Crippen molar-refractivity contribution >= 4 is 0 Å². The van der Waals surface area contributed by atoms with Gasteiger partial charge in [-0.3, -0.25) is 4.68 Å². The lowest BCUT2D eigenvalue weighted by atomic mass is 9.97. The summed E-state index contributed by atoms with van der Waals surface area (Å²) in [5, 5.41) is 2.65. The highest BCUT2D eigenvalue weighted by Crippen LogP contribution is 2.30. The van der Waals surface area contributed by atoms with Crippen molar-refractivity contribution in [3.05, 3.63) is 64.6 Å². The number of benzene rings is 2. The zero-order valence-corrected chi connectivity index (χ0v) is 11.4. The van der Waals surface area contributed by atoms with Gasteiger partial charge < -0.3 is 0 Å². The molecule has 0 aliphatic rings. The third-order valence-corrected chi connectivity index (χ3v) is 3.29. The molecule has 3 rings (SSSR count). The number of rotatable bonds is 2. The lowest BCUT2D eigenvalue weighted by Gasteiger charge is -2.10. The molecular formula is C16H15N3O. The fraction of sp³-hybridized carbons (Fsp3) is 0.125. The van der Waals surface area contributed by atoms with Gasteiger partial charge in [-0.25, -0.2) is 9.89 Å². The Kier molecular flexibility index (Phi) is 2.99. The van der Waals surface area contributed by atoms with Crippen LogP contribution in [0.25, 0.3) is 22.5 Å². The van der Waals surface area contributed by atoms with Crippen molar-refractivity contribution in [3.63, 3.8) is 0 Å². The summed E-state index contributed by atoms with van der Waals surface area (Å²) in [6, 6.07) is 16.3. The smallest absolute Gasteiger partial charge is 0.269 e. The van der Waals surface area contributed by atoms with E-state index < -0.39 is 0 Å². The Morgan fingerprint density at radius 1 is 1.05 bits per heavy atom. The fourth-order valence-electron chi connectivity index (χ4n) is 2.35. The van der Waals surface area contributed by atoms with Crippen LogP contribution in [0.15, 0.2) is 53.3 Å². The first-order chi connectivity index (χ1) is 9.65. The standard InChI is InChI=1S/C16H15N3O/c1-11-8-9-13(12-6-4-3-5-7-12)14(10-11)15-17-16(20)18-19(15)2/h3-10H,1-2H3,(H,18,20). The highest BCUT2D eigenvalue weighted by Gasteiger charge is 2.12. The minimum atomic E-state index is -0.331. The zero-order valence-electron chi connectivity index (χ0n) is 11.4. The van der Waals surface area contributed by atoms with E-state index >= 15 is 0 Å². The summed E-state index contributed by atoms with van der Waals surface area (Å²) in [5.41, 5.74) is 3.94. The number of nitrogens with zero attached hydrogens (tertiary/aromatic N) is 2. The Bertz CT molecular complexity index is 800. The first-order valence-electron chi connectivity index (χ1n) is 6.44. The van der Waals surface area contributed by atoms with Gasteiger partial charge >= 0.3 is 5.69 Å². The van der Waals surface area contributed by atoms with Crippen LogP contribution in [0.2, 0.25) is 0 Å². The quantitative estimate of drug-likeness (QED) is 0.774. The molecule has 4 nitrogen and oxygen atoms in total. The maximum atomic E-state index is 11.4. The Hall–Kier alpha value is -2.62. The number of hydrogen-bond acceptors (Lipinski definition) is 2. The molecule has 100 valence electrons. The van der Waals surface area contributed by atoms with Crippen molar-refractivity contribution in [3.8, 4) is 22.5 Å². The molecule has 4 heteroatoms. The van der Waals surface area contributed by atoms with Crippen LogP contribution in [0, 0.1) is 6.92 Å². The Morgan fingerprint density at radius 3 is 2.45 bits per heavy atom. The van der Waals surface area contributed by atoms with Gasteiger partial charge in [0, 0.05) is 12.6 Å². The van der Waals surface area contributed by atoms with Crippen LogP contribution < -0.4 is 5.69 Å². The van der Waals surface area contributed by atoms with E-state index in [1.165, 1.54) is 0 Å². The number of H-pyrrole nitrogens is 1. The topological polar surface area (TPSA) is 50.7 Å². The number of aromatic nitrogens is 3. The van der Waals surface area contributed by atoms with Crippen LogP contribution in [-0.4, -0.2) is 14.8 Å². The van der Waals surface area contributed by atoms with Gasteiger partial charge in [-0.1, -0.05) is 48.0 Å². The molecule has 0 atom stereocenters. The summed E-state index contributed by atoms with van der Waals surface area (Å²) in [4.78, 5) is 15.5. The van der Waals surface area contributed by atoms with Crippen molar-refractivity contribution in [1.29, 1.82) is 0 Å². The molecule has 20 heavy (non-hydrogen) atoms. The predicted molar refractivity (Wildman–Crippen MR) is 79.4 cm³/mol. The third kappa shape index (κ3) is 2.16. The van der Waals surface area contributed by atoms with Gasteiger partial charge in [0.25, 0.3) is 0 Å². The van der Waals surface area contributed by atoms with E-state index in [0.717, 1.165) is 22.3 Å². The van der Waals surface area contributed by atoms with E-state index in [0.29, 0.717) is 5.82 Å². The first-order valence-corrected chi connectivity index (χ1v) is 6.44. The van der Waals surface area contributed by atoms with Gasteiger partial charge in [0.15, 0.2) is 5.82 Å². The van der Waals surface area contributed by atoms with Crippen molar-refractivity contribution in [2.24, 2.45) is 7.05 Å². The first kappa shape index (κ1) is 12.4. The molecule has 1 aromatic heterocycles. The summed E-state index contributed by atoms with van der Waals surface area (Å²) in [6.45, 7) is 2.03. The Labute approximate surface area is 116 Å². The lowest BCUT2D eigenvalue weighted by Crippen LogP contribution is -2.03. The number of aromatic amines is 1. The molecule has 3 aromatic rings. The predicted octanol–water partition coefficient (Wildman–Crippen LogP) is 2.75. The SMILES string of the molecule is Cc1ccc(-c2ccccc2)c(-c2nc(=O)[nH]n2C)c1. The molecule has 0 aliphatic heterocycles. The number of nitrogens with one attached hydrogen (secondary N) is 1. The van der Waals surface area contributed by atoms with Crippen molar-refractivity contribution in [2.75, 3.05) is 0 Å². The highest BCUT2D eigenvalue weighted by atomic mass is 16.1. The van der Waals surface area contributed by atoms with Gasteiger partial charge in [0.1, 0.15) is 0 Å². The summed E-state index contributed by atoms with van der Waals surface area (Å²) < 4.78 is 1.66. The Morgan fingerprint density at radius 2 is 1.80 bits per heavy atom. The van der Waals surface area contributed by atoms with Gasteiger partial charge in [-0.05, 0) is 24.1 Å². The molecule has 0 unspecified atom stereocenters. The molecule has 2 aromatic carbocycles. The average molecular weight is 265 g/mol. The van der Waals surface area contributed by atoms with Crippen molar-refractivity contribution < 1.29 is 0 Å². The van der Waals surface area contributed by atoms with Gasteiger partial charge in [-0.15, -0.1) is 0 Å². The van der Waals surface area contributed by atoms with Crippen LogP contribution in [-0.2, 0) is 7.05 Å². The molecule has 0 bridgehead atoms. The molecule has 0 fully saturated rings. The maximum Gasteiger partial charge on any atom is 0.361 e. The molecule has 1 N–H and O–H groups in total. The minimum Gasteiger partial charge on any atom is -0.269 e.